The van der Waals surface area contributed by atoms with E-state index in [-0.39, 0.29) is 17.4 Å². The van der Waals surface area contributed by atoms with E-state index in [1.807, 2.05) is 13.0 Å². The van der Waals surface area contributed by atoms with Crippen LogP contribution < -0.4 is 5.32 Å². The fraction of sp³-hybridized carbons (Fsp3) is 0.143. The Kier molecular flexibility index (Phi) is 3.73. The van der Waals surface area contributed by atoms with E-state index < -0.39 is 11.6 Å². The van der Waals surface area contributed by atoms with Gasteiger partial charge in [-0.15, -0.1) is 11.3 Å². The van der Waals surface area contributed by atoms with Crippen molar-refractivity contribution in [3.63, 3.8) is 0 Å². The highest BCUT2D eigenvalue weighted by atomic mass is 35.5. The Hall–Kier alpha value is -1.79. The zero-order valence-corrected chi connectivity index (χ0v) is 12.5. The average Bonchev–Trinajstić information content (AvgIpc) is 2.79. The minimum Gasteiger partial charge on any atom is -0.365 e. The highest BCUT2D eigenvalue weighted by Crippen LogP contribution is 2.29. The molecule has 0 spiro atoms. The maximum Gasteiger partial charge on any atom is 0.225 e. The lowest BCUT2D eigenvalue weighted by Crippen LogP contribution is -2.04. The Morgan fingerprint density at radius 1 is 1.24 bits per heavy atom. The van der Waals surface area contributed by atoms with Crippen LogP contribution in [-0.4, -0.2) is 9.97 Å². The lowest BCUT2D eigenvalue weighted by molar-refractivity contribution is 0.587. The molecule has 0 radical (unpaired) electrons. The molecule has 0 aliphatic carbocycles. The number of benzene rings is 1. The molecule has 3 rings (SSSR count). The molecule has 0 bridgehead atoms. The smallest absolute Gasteiger partial charge is 0.225 e. The zero-order valence-electron chi connectivity index (χ0n) is 11.0. The van der Waals surface area contributed by atoms with Gasteiger partial charge < -0.3 is 5.32 Å². The minimum absolute atomic E-state index is 0.112. The quantitative estimate of drug-likeness (QED) is 0.718. The molecule has 0 saturated heterocycles. The fourth-order valence-electron chi connectivity index (χ4n) is 2.01. The number of hydrogen-bond donors (Lipinski definition) is 1. The molecule has 0 amide bonds. The largest absolute Gasteiger partial charge is 0.365 e. The number of nitrogens with zero attached hydrogens (tertiary/aromatic N) is 2. The van der Waals surface area contributed by atoms with Gasteiger partial charge >= 0.3 is 0 Å². The summed E-state index contributed by atoms with van der Waals surface area (Å²) in [6.07, 6.45) is 0. The van der Waals surface area contributed by atoms with Crippen LogP contribution in [0.5, 0.6) is 0 Å². The van der Waals surface area contributed by atoms with Crippen LogP contribution >= 0.6 is 22.9 Å². The van der Waals surface area contributed by atoms with Crippen molar-refractivity contribution < 1.29 is 8.78 Å². The first-order valence-corrected chi connectivity index (χ1v) is 7.34. The van der Waals surface area contributed by atoms with Crippen LogP contribution in [0.4, 0.5) is 14.6 Å². The molecule has 1 aromatic carbocycles. The lowest BCUT2D eigenvalue weighted by Gasteiger charge is -2.08. The van der Waals surface area contributed by atoms with Crippen molar-refractivity contribution in [2.75, 3.05) is 5.32 Å². The second kappa shape index (κ2) is 5.54. The Morgan fingerprint density at radius 3 is 2.86 bits per heavy atom. The highest BCUT2D eigenvalue weighted by molar-refractivity contribution is 7.18. The van der Waals surface area contributed by atoms with Gasteiger partial charge in [0, 0.05) is 17.0 Å². The molecule has 0 unspecified atom stereocenters. The van der Waals surface area contributed by atoms with Crippen molar-refractivity contribution in [2.45, 2.75) is 13.5 Å². The summed E-state index contributed by atoms with van der Waals surface area (Å²) in [5.41, 5.74) is 0.227. The predicted molar refractivity (Wildman–Crippen MR) is 80.8 cm³/mol. The van der Waals surface area contributed by atoms with E-state index in [9.17, 15) is 8.78 Å². The zero-order chi connectivity index (χ0) is 15.0. The van der Waals surface area contributed by atoms with Crippen molar-refractivity contribution >= 4 is 39.0 Å². The van der Waals surface area contributed by atoms with Crippen LogP contribution in [0, 0.1) is 18.6 Å². The topological polar surface area (TPSA) is 37.8 Å². The van der Waals surface area contributed by atoms with Crippen LogP contribution in [0.15, 0.2) is 24.3 Å². The fourth-order valence-corrected chi connectivity index (χ4v) is 3.11. The normalized spacial score (nSPS) is 11.0. The summed E-state index contributed by atoms with van der Waals surface area (Å²) in [5, 5.41) is 3.93. The number of fused-ring (bicyclic) bond motifs is 1. The molecular formula is C14H10ClF2N3S. The maximum atomic E-state index is 13.6. The van der Waals surface area contributed by atoms with Gasteiger partial charge in [0.15, 0.2) is 0 Å². The van der Waals surface area contributed by atoms with Gasteiger partial charge in [0.1, 0.15) is 22.3 Å². The minimum atomic E-state index is -0.481. The van der Waals surface area contributed by atoms with Crippen LogP contribution in [0.1, 0.15) is 10.4 Å². The molecule has 7 heteroatoms. The Bertz CT molecular complexity index is 819. The maximum absolute atomic E-state index is 13.6. The number of aryl methyl sites for hydroxylation is 1. The number of aromatic nitrogens is 2. The first-order valence-electron chi connectivity index (χ1n) is 6.14. The van der Waals surface area contributed by atoms with Crippen LogP contribution in [-0.2, 0) is 6.54 Å². The number of rotatable bonds is 3. The monoisotopic (exact) mass is 325 g/mol. The van der Waals surface area contributed by atoms with Gasteiger partial charge in [-0.25, -0.2) is 18.7 Å². The van der Waals surface area contributed by atoms with E-state index in [0.717, 1.165) is 33.3 Å². The van der Waals surface area contributed by atoms with Gasteiger partial charge in [-0.2, -0.15) is 0 Å². The molecule has 2 heterocycles. The van der Waals surface area contributed by atoms with Gasteiger partial charge in [0.2, 0.25) is 5.28 Å². The molecule has 0 aliphatic rings. The number of anilines is 1. The molecular weight excluding hydrogens is 316 g/mol. The summed E-state index contributed by atoms with van der Waals surface area (Å²) in [7, 11) is 0. The van der Waals surface area contributed by atoms with Crippen LogP contribution in [0.3, 0.4) is 0 Å². The molecule has 2 aromatic heterocycles. The molecule has 0 aliphatic heterocycles. The molecule has 0 saturated carbocycles. The Balaban J connectivity index is 1.93. The summed E-state index contributed by atoms with van der Waals surface area (Å²) in [6.45, 7) is 2.07. The molecule has 3 nitrogen and oxygen atoms in total. The van der Waals surface area contributed by atoms with Crippen molar-refractivity contribution in [3.8, 4) is 0 Å². The van der Waals surface area contributed by atoms with Crippen LogP contribution in [0.25, 0.3) is 10.2 Å². The summed E-state index contributed by atoms with van der Waals surface area (Å²) < 4.78 is 26.8. The van der Waals surface area contributed by atoms with Crippen molar-refractivity contribution in [1.82, 2.24) is 9.97 Å². The van der Waals surface area contributed by atoms with Gasteiger partial charge in [-0.3, -0.25) is 0 Å². The highest BCUT2D eigenvalue weighted by Gasteiger charge is 2.11. The van der Waals surface area contributed by atoms with Gasteiger partial charge in [0.25, 0.3) is 0 Å². The summed E-state index contributed by atoms with van der Waals surface area (Å²) >= 11 is 7.38. The third kappa shape index (κ3) is 2.96. The van der Waals surface area contributed by atoms with E-state index >= 15 is 0 Å². The van der Waals surface area contributed by atoms with Crippen LogP contribution in [0.2, 0.25) is 5.28 Å². The predicted octanol–water partition coefficient (Wildman–Crippen LogP) is 4.54. The second-order valence-corrected chi connectivity index (χ2v) is 6.08. The average molecular weight is 326 g/mol. The third-order valence-corrected chi connectivity index (χ3v) is 4.06. The standard InChI is InChI=1S/C14H10ClF2N3S/c1-7-4-10-12(19-14(15)20-13(10)21-7)18-6-8-5-9(16)2-3-11(8)17/h2-5H,6H2,1H3,(H,18,19,20). The first-order chi connectivity index (χ1) is 10.0. The van der Waals surface area contributed by atoms with E-state index in [0.29, 0.717) is 5.82 Å². The lowest BCUT2D eigenvalue weighted by atomic mass is 10.2. The number of hydrogen-bond acceptors (Lipinski definition) is 4. The molecule has 3 aromatic rings. The van der Waals surface area contributed by atoms with Crippen molar-refractivity contribution in [2.24, 2.45) is 0 Å². The van der Waals surface area contributed by atoms with Crippen molar-refractivity contribution in [3.05, 3.63) is 51.6 Å². The molecule has 0 fully saturated rings. The Morgan fingerprint density at radius 2 is 2.05 bits per heavy atom. The molecule has 108 valence electrons. The summed E-state index contributed by atoms with van der Waals surface area (Å²) in [4.78, 5) is 10.1. The van der Waals surface area contributed by atoms with Crippen molar-refractivity contribution in [1.29, 1.82) is 0 Å². The second-order valence-electron chi connectivity index (χ2n) is 4.51. The first kappa shape index (κ1) is 14.2. The van der Waals surface area contributed by atoms with E-state index in [4.69, 9.17) is 11.6 Å². The summed E-state index contributed by atoms with van der Waals surface area (Å²) in [6, 6.07) is 5.27. The molecule has 1 N–H and O–H groups in total. The number of halogens is 3. The van der Waals surface area contributed by atoms with E-state index in [1.165, 1.54) is 11.3 Å². The number of thiophene rings is 1. The SMILES string of the molecule is Cc1cc2c(NCc3cc(F)ccc3F)nc(Cl)nc2s1. The molecule has 21 heavy (non-hydrogen) atoms. The number of nitrogens with one attached hydrogen (secondary N) is 1. The van der Waals surface area contributed by atoms with Gasteiger partial charge in [-0.1, -0.05) is 0 Å². The van der Waals surface area contributed by atoms with E-state index in [2.05, 4.69) is 15.3 Å². The molecule has 0 atom stereocenters. The van der Waals surface area contributed by atoms with Gasteiger partial charge in [0.05, 0.1) is 5.39 Å². The summed E-state index contributed by atoms with van der Waals surface area (Å²) in [5.74, 6) is -0.440. The van der Waals surface area contributed by atoms with Gasteiger partial charge in [-0.05, 0) is 42.8 Å². The third-order valence-electron chi connectivity index (χ3n) is 2.94. The Labute approximate surface area is 128 Å². The van der Waals surface area contributed by atoms with E-state index in [1.54, 1.807) is 0 Å².